The maximum Gasteiger partial charge on any atom is 1.00 e. The summed E-state index contributed by atoms with van der Waals surface area (Å²) in [5.41, 5.74) is 3.77. The third kappa shape index (κ3) is 6.14. The van der Waals surface area contributed by atoms with Crippen LogP contribution in [0.2, 0.25) is 0 Å². The van der Waals surface area contributed by atoms with Crippen LogP contribution < -0.4 is 56.8 Å². The van der Waals surface area contributed by atoms with E-state index < -0.39 is 40.3 Å². The number of H-pyrrole nitrogens is 1. The van der Waals surface area contributed by atoms with E-state index in [1.165, 1.54) is 36.0 Å². The fraction of sp³-hybridized carbons (Fsp3) is 0.333. The average Bonchev–Trinajstić information content (AvgIpc) is 3.27. The molecule has 4 heterocycles. The number of carbonyl (C=O) groups excluding carboxylic acids is 3. The molecule has 20 heteroatoms. The van der Waals surface area contributed by atoms with Gasteiger partial charge in [-0.1, -0.05) is 16.9 Å². The number of carbonyl (C=O) groups is 3. The van der Waals surface area contributed by atoms with Crippen molar-refractivity contribution in [1.82, 2.24) is 30.0 Å². The topological polar surface area (TPSA) is 249 Å². The summed E-state index contributed by atoms with van der Waals surface area (Å²) < 4.78 is 1.24. The molecule has 16 nitrogen and oxygen atoms in total. The molecule has 0 bridgehead atoms. The smallest absolute Gasteiger partial charge is 0.543 e. The zero-order chi connectivity index (χ0) is 26.1. The Morgan fingerprint density at radius 1 is 1.37 bits per heavy atom. The first-order valence-corrected chi connectivity index (χ1v) is 12.8. The zero-order valence-electron chi connectivity index (χ0n) is 20.0. The number of nitrogens with two attached hydrogens (primary N) is 1. The Morgan fingerprint density at radius 2 is 2.08 bits per heavy atom. The number of thiazole rings is 1. The number of hydrogen-bond acceptors (Lipinski definition) is 14. The van der Waals surface area contributed by atoms with Gasteiger partial charge in [0.05, 0.1) is 11.7 Å². The third-order valence-electron chi connectivity index (χ3n) is 5.01. The van der Waals surface area contributed by atoms with Gasteiger partial charge in [0, 0.05) is 23.9 Å². The van der Waals surface area contributed by atoms with Crippen molar-refractivity contribution in [3.8, 4) is 0 Å². The van der Waals surface area contributed by atoms with Crippen LogP contribution in [0.1, 0.15) is 5.69 Å². The number of nitrogens with zero attached hydrogens (tertiary/aromatic N) is 5. The molecular weight excluding hydrogens is 575 g/mol. The molecule has 0 unspecified atom stereocenters. The molecule has 2 aromatic heterocycles. The number of rotatable bonds is 8. The molecule has 0 aliphatic carbocycles. The molecule has 198 valence electrons. The normalized spacial score (nSPS) is 18.5. The molecule has 2 aliphatic heterocycles. The number of β-lactam (4-membered cyclic amide) rings is 1. The van der Waals surface area contributed by atoms with Crippen LogP contribution in [-0.2, 0) is 26.3 Å². The van der Waals surface area contributed by atoms with Crippen molar-refractivity contribution in [2.75, 3.05) is 24.3 Å². The Kier molecular flexibility index (Phi) is 10.7. The quantitative estimate of drug-likeness (QED) is 0.0644. The van der Waals surface area contributed by atoms with E-state index in [1.807, 2.05) is 0 Å². The van der Waals surface area contributed by atoms with E-state index in [9.17, 15) is 29.1 Å². The van der Waals surface area contributed by atoms with Crippen molar-refractivity contribution in [2.45, 2.75) is 16.6 Å². The summed E-state index contributed by atoms with van der Waals surface area (Å²) in [5, 5.41) is 21.6. The first-order chi connectivity index (χ1) is 17.1. The fourth-order valence-electron chi connectivity index (χ4n) is 3.43. The molecule has 0 saturated carbocycles. The third-order valence-corrected chi connectivity index (χ3v) is 8.14. The summed E-state index contributed by atoms with van der Waals surface area (Å²) in [6.07, 6.45) is 0. The number of aliphatic carboxylic acids is 1. The molecule has 4 rings (SSSR count). The van der Waals surface area contributed by atoms with E-state index in [2.05, 4.69) is 25.5 Å². The van der Waals surface area contributed by atoms with Crippen LogP contribution in [-0.4, -0.2) is 83.7 Å². The number of aromatic nitrogens is 4. The molecule has 2 amide bonds. The van der Waals surface area contributed by atoms with Crippen LogP contribution in [0.4, 0.5) is 5.13 Å². The van der Waals surface area contributed by atoms with Gasteiger partial charge >= 0.3 is 40.7 Å². The molecule has 0 radical (unpaired) electrons. The summed E-state index contributed by atoms with van der Waals surface area (Å²) in [5.74, 6) is -2.68. The molecule has 2 aliphatic rings. The molecule has 38 heavy (non-hydrogen) atoms. The SMILES string of the molecule is CO/N=C(\C(=O)N[C@@H]1C(=O)N2C(C(=O)[O-])=C(CSc3nc(=O)c(=O)[nH]n3C)CS[C@H]12)c1csc(N)n1.O.[Na+]. The van der Waals surface area contributed by atoms with Gasteiger partial charge in [-0.2, -0.15) is 4.98 Å². The number of aromatic amines is 1. The van der Waals surface area contributed by atoms with Gasteiger partial charge in [-0.25, -0.2) is 4.98 Å². The van der Waals surface area contributed by atoms with E-state index in [4.69, 9.17) is 10.6 Å². The number of hydrogen-bond donors (Lipinski definition) is 3. The maximum absolute atomic E-state index is 12.9. The predicted molar refractivity (Wildman–Crippen MR) is 132 cm³/mol. The van der Waals surface area contributed by atoms with Gasteiger partial charge in [-0.3, -0.25) is 33.9 Å². The Labute approximate surface area is 247 Å². The second kappa shape index (κ2) is 12.9. The number of carboxylic acids is 1. The molecule has 1 saturated heterocycles. The number of anilines is 1. The Hall–Kier alpha value is -2.68. The van der Waals surface area contributed by atoms with E-state index in [0.29, 0.717) is 5.57 Å². The minimum absolute atomic E-state index is 0. The van der Waals surface area contributed by atoms with E-state index >= 15 is 0 Å². The molecule has 2 atom stereocenters. The molecule has 0 spiro atoms. The Balaban J connectivity index is 0.00000253. The largest absolute Gasteiger partial charge is 1.00 e. The van der Waals surface area contributed by atoms with Gasteiger partial charge in [-0.15, -0.1) is 23.1 Å². The summed E-state index contributed by atoms with van der Waals surface area (Å²) in [4.78, 5) is 74.0. The second-order valence-electron chi connectivity index (χ2n) is 7.28. The van der Waals surface area contributed by atoms with Crippen molar-refractivity contribution in [3.05, 3.63) is 43.1 Å². The maximum atomic E-state index is 12.9. The summed E-state index contributed by atoms with van der Waals surface area (Å²) >= 11 is 3.35. The minimum Gasteiger partial charge on any atom is -0.543 e. The number of amides is 2. The fourth-order valence-corrected chi connectivity index (χ4v) is 6.38. The number of fused-ring (bicyclic) bond motifs is 1. The van der Waals surface area contributed by atoms with Gasteiger partial charge < -0.3 is 31.3 Å². The number of oxime groups is 1. The molecule has 2 aromatic rings. The van der Waals surface area contributed by atoms with Gasteiger partial charge in [0.25, 0.3) is 11.8 Å². The first-order valence-electron chi connectivity index (χ1n) is 9.94. The number of nitrogen functional groups attached to an aromatic ring is 1. The number of thioether (sulfide) groups is 2. The van der Waals surface area contributed by atoms with Crippen LogP contribution in [0.5, 0.6) is 0 Å². The molecule has 1 fully saturated rings. The number of nitrogens with one attached hydrogen (secondary N) is 2. The van der Waals surface area contributed by atoms with Crippen LogP contribution in [0.25, 0.3) is 0 Å². The van der Waals surface area contributed by atoms with Crippen molar-refractivity contribution in [3.63, 3.8) is 0 Å². The van der Waals surface area contributed by atoms with Gasteiger partial charge in [-0.05, 0) is 5.57 Å². The summed E-state index contributed by atoms with van der Waals surface area (Å²) in [7, 11) is 2.72. The van der Waals surface area contributed by atoms with Crippen LogP contribution in [0, 0.1) is 0 Å². The van der Waals surface area contributed by atoms with Crippen molar-refractivity contribution >= 4 is 63.5 Å². The van der Waals surface area contributed by atoms with Crippen molar-refractivity contribution in [2.24, 2.45) is 12.2 Å². The Morgan fingerprint density at radius 3 is 2.68 bits per heavy atom. The van der Waals surface area contributed by atoms with E-state index in [0.717, 1.165) is 28.0 Å². The number of carboxylic acid groups (broad SMARTS) is 1. The van der Waals surface area contributed by atoms with Crippen LogP contribution in [0.15, 0.2) is 36.6 Å². The van der Waals surface area contributed by atoms with Gasteiger partial charge in [0.15, 0.2) is 16.0 Å². The van der Waals surface area contributed by atoms with Crippen molar-refractivity contribution < 1.29 is 59.4 Å². The first kappa shape index (κ1) is 31.5. The van der Waals surface area contributed by atoms with Crippen LogP contribution >= 0.6 is 34.9 Å². The molecule has 0 aromatic carbocycles. The average molecular weight is 595 g/mol. The number of aryl methyl sites for hydroxylation is 1. The minimum atomic E-state index is -1.56. The van der Waals surface area contributed by atoms with Crippen molar-refractivity contribution in [1.29, 1.82) is 0 Å². The monoisotopic (exact) mass is 594 g/mol. The molecule has 6 N–H and O–H groups in total. The summed E-state index contributed by atoms with van der Waals surface area (Å²) in [6.45, 7) is 0. The molecular formula is C18H19N8NaO8S3. The van der Waals surface area contributed by atoms with E-state index in [1.54, 1.807) is 0 Å². The van der Waals surface area contributed by atoms with Gasteiger partial charge in [0.2, 0.25) is 0 Å². The van der Waals surface area contributed by atoms with Crippen LogP contribution in [0.3, 0.4) is 0 Å². The summed E-state index contributed by atoms with van der Waals surface area (Å²) in [6, 6.07) is -1.02. The zero-order valence-corrected chi connectivity index (χ0v) is 24.5. The van der Waals surface area contributed by atoms with Gasteiger partial charge in [0.1, 0.15) is 24.2 Å². The predicted octanol–water partition coefficient (Wildman–Crippen LogP) is -6.77. The standard InChI is InChI=1S/C18H18N8O7S3.Na.H2O/c1-25-18(22-12(28)13(29)23-25)36-4-6-3-34-15-9(14(30)26(15)10(6)16(31)32)21-11(27)8(24-33-2)7-5-35-17(19)20-7;;/h5,9,15H,3-4H2,1-2H3,(H2,19,20)(H,21,27)(H,23,29)(H,31,32);;1H2/q;+1;/p-1/b24-8-;;/t9-,15-;;/m1../s1. The van der Waals surface area contributed by atoms with E-state index in [-0.39, 0.29) is 73.9 Å². The second-order valence-corrected chi connectivity index (χ2v) is 10.2. The Bertz CT molecular complexity index is 1440.